The third kappa shape index (κ3) is 4.23. The highest BCUT2D eigenvalue weighted by Gasteiger charge is 2.35. The fraction of sp³-hybridized carbons (Fsp3) is 0.174. The maximum Gasteiger partial charge on any atom is 0.338 e. The van der Waals surface area contributed by atoms with Gasteiger partial charge in [0, 0.05) is 20.6 Å². The van der Waals surface area contributed by atoms with Gasteiger partial charge < -0.3 is 14.6 Å². The van der Waals surface area contributed by atoms with E-state index in [1.54, 1.807) is 43.3 Å². The van der Waals surface area contributed by atoms with Crippen molar-refractivity contribution >= 4 is 50.9 Å². The van der Waals surface area contributed by atoms with Gasteiger partial charge in [-0.15, -0.1) is 0 Å². The summed E-state index contributed by atoms with van der Waals surface area (Å²) >= 11 is 10.8. The number of carbonyl (C=O) groups is 1. The first-order valence-electron chi connectivity index (χ1n) is 9.68. The SMILES string of the molecule is COC(=O)C1=C(C)N=c2s/c(=C\c3cc(Br)ccc3O)c(=O)n2[C@@H]1c1cc(Cl)ccc1OC. The Bertz CT molecular complexity index is 1490. The lowest BCUT2D eigenvalue weighted by Gasteiger charge is -2.25. The Morgan fingerprint density at radius 3 is 2.73 bits per heavy atom. The molecular weight excluding hydrogens is 532 g/mol. The van der Waals surface area contributed by atoms with Crippen LogP contribution < -0.4 is 19.6 Å². The molecule has 7 nitrogen and oxygen atoms in total. The summed E-state index contributed by atoms with van der Waals surface area (Å²) in [5.74, 6) is -0.120. The Hall–Kier alpha value is -2.88. The van der Waals surface area contributed by atoms with E-state index in [-0.39, 0.29) is 16.9 Å². The van der Waals surface area contributed by atoms with Crippen LogP contribution >= 0.6 is 38.9 Å². The van der Waals surface area contributed by atoms with Gasteiger partial charge in [0.15, 0.2) is 4.80 Å². The van der Waals surface area contributed by atoms with Gasteiger partial charge in [-0.3, -0.25) is 9.36 Å². The summed E-state index contributed by atoms with van der Waals surface area (Å²) in [7, 11) is 2.77. The number of fused-ring (bicyclic) bond motifs is 1. The smallest absolute Gasteiger partial charge is 0.338 e. The van der Waals surface area contributed by atoms with E-state index in [0.29, 0.717) is 36.9 Å². The maximum absolute atomic E-state index is 13.6. The number of allylic oxidation sites excluding steroid dienone is 1. The molecule has 0 spiro atoms. The summed E-state index contributed by atoms with van der Waals surface area (Å²) in [5.41, 5.74) is 1.25. The molecule has 0 saturated heterocycles. The number of nitrogens with zero attached hydrogens (tertiary/aromatic N) is 2. The topological polar surface area (TPSA) is 90.1 Å². The third-order valence-corrected chi connectivity index (χ3v) is 6.90. The molecule has 0 aliphatic carbocycles. The maximum atomic E-state index is 13.6. The zero-order valence-electron chi connectivity index (χ0n) is 17.8. The monoisotopic (exact) mass is 548 g/mol. The molecule has 2 heterocycles. The normalized spacial score (nSPS) is 15.8. The van der Waals surface area contributed by atoms with Crippen LogP contribution in [0.15, 0.2) is 61.9 Å². The van der Waals surface area contributed by atoms with E-state index in [0.717, 1.165) is 15.8 Å². The predicted molar refractivity (Wildman–Crippen MR) is 130 cm³/mol. The van der Waals surface area contributed by atoms with Crippen LogP contribution in [0.4, 0.5) is 0 Å². The number of aromatic nitrogens is 1. The molecule has 0 bridgehead atoms. The Balaban J connectivity index is 2.05. The van der Waals surface area contributed by atoms with Gasteiger partial charge in [-0.1, -0.05) is 38.9 Å². The number of hydrogen-bond acceptors (Lipinski definition) is 7. The first kappa shape index (κ1) is 23.3. The van der Waals surface area contributed by atoms with E-state index in [1.807, 2.05) is 0 Å². The van der Waals surface area contributed by atoms with Crippen molar-refractivity contribution in [1.29, 1.82) is 0 Å². The van der Waals surface area contributed by atoms with Crippen LogP contribution in [-0.2, 0) is 9.53 Å². The minimum Gasteiger partial charge on any atom is -0.507 e. The molecule has 4 rings (SSSR count). The summed E-state index contributed by atoms with van der Waals surface area (Å²) in [6, 6.07) is 9.08. The second kappa shape index (κ2) is 9.17. The Morgan fingerprint density at radius 1 is 1.27 bits per heavy atom. The molecule has 0 fully saturated rings. The molecule has 1 atom stereocenters. The molecule has 170 valence electrons. The minimum absolute atomic E-state index is 0.0310. The Morgan fingerprint density at radius 2 is 2.03 bits per heavy atom. The molecule has 33 heavy (non-hydrogen) atoms. The van der Waals surface area contributed by atoms with Crippen LogP contribution in [0.3, 0.4) is 0 Å². The molecule has 1 aliphatic heterocycles. The lowest BCUT2D eigenvalue weighted by atomic mass is 9.95. The summed E-state index contributed by atoms with van der Waals surface area (Å²) in [6.07, 6.45) is 1.59. The van der Waals surface area contributed by atoms with Crippen LogP contribution in [0, 0.1) is 0 Å². The molecule has 0 radical (unpaired) electrons. The summed E-state index contributed by atoms with van der Waals surface area (Å²) in [6.45, 7) is 1.69. The number of methoxy groups -OCH3 is 2. The van der Waals surface area contributed by atoms with E-state index in [9.17, 15) is 14.7 Å². The number of hydrogen-bond donors (Lipinski definition) is 1. The Labute approximate surface area is 206 Å². The predicted octanol–water partition coefficient (Wildman–Crippen LogP) is 3.54. The lowest BCUT2D eigenvalue weighted by molar-refractivity contribution is -0.136. The minimum atomic E-state index is -0.861. The molecule has 0 amide bonds. The fourth-order valence-electron chi connectivity index (χ4n) is 3.69. The van der Waals surface area contributed by atoms with E-state index < -0.39 is 12.0 Å². The van der Waals surface area contributed by atoms with Crippen LogP contribution in [0.5, 0.6) is 11.5 Å². The third-order valence-electron chi connectivity index (χ3n) is 5.19. The first-order valence-corrected chi connectivity index (χ1v) is 11.7. The van der Waals surface area contributed by atoms with Crippen LogP contribution in [0.1, 0.15) is 24.1 Å². The number of ether oxygens (including phenoxy) is 2. The van der Waals surface area contributed by atoms with Crippen molar-refractivity contribution in [1.82, 2.24) is 4.57 Å². The first-order chi connectivity index (χ1) is 15.7. The molecule has 0 unspecified atom stereocenters. The second-order valence-electron chi connectivity index (χ2n) is 7.16. The number of carbonyl (C=O) groups excluding carboxylic acids is 1. The van der Waals surface area contributed by atoms with E-state index in [4.69, 9.17) is 21.1 Å². The number of rotatable bonds is 4. The van der Waals surface area contributed by atoms with Crippen molar-refractivity contribution in [2.24, 2.45) is 4.99 Å². The average Bonchev–Trinajstić information content (AvgIpc) is 3.09. The molecule has 10 heteroatoms. The molecule has 1 aliphatic rings. The van der Waals surface area contributed by atoms with Gasteiger partial charge >= 0.3 is 5.97 Å². The van der Waals surface area contributed by atoms with Crippen molar-refractivity contribution < 1.29 is 19.4 Å². The van der Waals surface area contributed by atoms with Crippen molar-refractivity contribution in [2.75, 3.05) is 14.2 Å². The van der Waals surface area contributed by atoms with Crippen molar-refractivity contribution in [3.63, 3.8) is 0 Å². The lowest BCUT2D eigenvalue weighted by Crippen LogP contribution is -2.40. The molecule has 3 aromatic rings. The van der Waals surface area contributed by atoms with Gasteiger partial charge in [-0.05, 0) is 49.4 Å². The number of thiazole rings is 1. The molecule has 1 N–H and O–H groups in total. The molecule has 1 aromatic heterocycles. The highest BCUT2D eigenvalue weighted by molar-refractivity contribution is 9.10. The summed E-state index contributed by atoms with van der Waals surface area (Å²) < 4.78 is 13.1. The van der Waals surface area contributed by atoms with Gasteiger partial charge in [0.05, 0.1) is 30.0 Å². The van der Waals surface area contributed by atoms with Gasteiger partial charge in [-0.25, -0.2) is 9.79 Å². The van der Waals surface area contributed by atoms with Crippen molar-refractivity contribution in [2.45, 2.75) is 13.0 Å². The van der Waals surface area contributed by atoms with Crippen molar-refractivity contribution in [3.8, 4) is 11.5 Å². The number of phenolic OH excluding ortho intramolecular Hbond substituents is 1. The standard InChI is InChI=1S/C23H18BrClN2O5S/c1-11-19(22(30)32-3)20(15-10-14(25)5-7-17(15)31-2)27-21(29)18(33-23(27)26-11)9-12-8-13(24)4-6-16(12)28/h4-10,20,28H,1-3H3/b18-9-/t20-/m1/s1. The van der Waals surface area contributed by atoms with Crippen LogP contribution in [-0.4, -0.2) is 29.9 Å². The van der Waals surface area contributed by atoms with Crippen LogP contribution in [0.2, 0.25) is 5.02 Å². The van der Waals surface area contributed by atoms with E-state index in [1.165, 1.54) is 24.9 Å². The van der Waals surface area contributed by atoms with Gasteiger partial charge in [-0.2, -0.15) is 0 Å². The quantitative estimate of drug-likeness (QED) is 0.503. The van der Waals surface area contributed by atoms with E-state index >= 15 is 0 Å². The highest BCUT2D eigenvalue weighted by atomic mass is 79.9. The number of aromatic hydroxyl groups is 1. The van der Waals surface area contributed by atoms with Crippen molar-refractivity contribution in [3.05, 3.63) is 88.0 Å². The zero-order valence-corrected chi connectivity index (χ0v) is 20.9. The largest absolute Gasteiger partial charge is 0.507 e. The highest BCUT2D eigenvalue weighted by Crippen LogP contribution is 2.37. The zero-order chi connectivity index (χ0) is 23.9. The average molecular weight is 550 g/mol. The molecule has 0 saturated carbocycles. The van der Waals surface area contributed by atoms with Gasteiger partial charge in [0.2, 0.25) is 0 Å². The summed E-state index contributed by atoms with van der Waals surface area (Å²) in [5, 5.41) is 10.6. The molecule has 2 aromatic carbocycles. The number of phenols is 1. The van der Waals surface area contributed by atoms with E-state index in [2.05, 4.69) is 20.9 Å². The molecular formula is C23H18BrClN2O5S. The van der Waals surface area contributed by atoms with Gasteiger partial charge in [0.1, 0.15) is 17.5 Å². The Kier molecular flexibility index (Phi) is 6.47. The number of esters is 1. The number of benzene rings is 2. The number of halogens is 2. The van der Waals surface area contributed by atoms with Crippen LogP contribution in [0.25, 0.3) is 6.08 Å². The fourth-order valence-corrected chi connectivity index (χ4v) is 5.28. The summed E-state index contributed by atoms with van der Waals surface area (Å²) in [4.78, 5) is 31.3. The van der Waals surface area contributed by atoms with Gasteiger partial charge in [0.25, 0.3) is 5.56 Å². The second-order valence-corrected chi connectivity index (χ2v) is 9.52.